The zero-order chi connectivity index (χ0) is 18.7. The van der Waals surface area contributed by atoms with Crippen molar-refractivity contribution in [2.45, 2.75) is 19.9 Å². The van der Waals surface area contributed by atoms with E-state index >= 15 is 0 Å². The van der Waals surface area contributed by atoms with E-state index in [1.165, 1.54) is 4.90 Å². The zero-order valence-electron chi connectivity index (χ0n) is 14.5. The minimum atomic E-state index is -0.752. The minimum absolute atomic E-state index is 0.123. The highest BCUT2D eigenvalue weighted by atomic mass is 35.5. The van der Waals surface area contributed by atoms with Gasteiger partial charge in [-0.2, -0.15) is 0 Å². The van der Waals surface area contributed by atoms with Crippen molar-refractivity contribution in [1.82, 2.24) is 0 Å². The van der Waals surface area contributed by atoms with Gasteiger partial charge in [-0.3, -0.25) is 14.5 Å². The van der Waals surface area contributed by atoms with Crippen LogP contribution in [0.15, 0.2) is 42.5 Å². The summed E-state index contributed by atoms with van der Waals surface area (Å²) in [4.78, 5) is 26.6. The van der Waals surface area contributed by atoms with Crippen LogP contribution in [0.1, 0.15) is 13.8 Å². The molecule has 0 fully saturated rings. The molecular formula is C19H19ClN2O4. The van der Waals surface area contributed by atoms with Gasteiger partial charge in [-0.15, -0.1) is 0 Å². The lowest BCUT2D eigenvalue weighted by atomic mass is 10.1. The predicted molar refractivity (Wildman–Crippen MR) is 100 cm³/mol. The second kappa shape index (κ2) is 7.66. The Hall–Kier alpha value is -2.73. The molecule has 1 unspecified atom stereocenters. The van der Waals surface area contributed by atoms with Crippen LogP contribution in [-0.4, -0.2) is 31.1 Å². The first-order valence-corrected chi connectivity index (χ1v) is 8.66. The third-order valence-corrected chi connectivity index (χ3v) is 4.25. The SMILES string of the molecule is CCOc1ccccc1NC(=O)C(C)N1C(=O)COc2ccc(Cl)cc21. The highest BCUT2D eigenvalue weighted by Gasteiger charge is 2.33. The number of ether oxygens (including phenoxy) is 2. The molecular weight excluding hydrogens is 356 g/mol. The number of anilines is 2. The van der Waals surface area contributed by atoms with Crippen molar-refractivity contribution < 1.29 is 19.1 Å². The Balaban J connectivity index is 1.85. The number of hydrogen-bond acceptors (Lipinski definition) is 4. The number of fused-ring (bicyclic) bond motifs is 1. The van der Waals surface area contributed by atoms with Crippen LogP contribution in [0.25, 0.3) is 0 Å². The molecule has 0 aliphatic carbocycles. The molecule has 0 aromatic heterocycles. The van der Waals surface area contributed by atoms with Gasteiger partial charge in [-0.05, 0) is 44.2 Å². The van der Waals surface area contributed by atoms with Crippen LogP contribution < -0.4 is 19.7 Å². The molecule has 26 heavy (non-hydrogen) atoms. The van der Waals surface area contributed by atoms with E-state index in [9.17, 15) is 9.59 Å². The Labute approximate surface area is 156 Å². The predicted octanol–water partition coefficient (Wildman–Crippen LogP) is 3.49. The topological polar surface area (TPSA) is 67.9 Å². The Morgan fingerprint density at radius 2 is 2.12 bits per heavy atom. The fraction of sp³-hybridized carbons (Fsp3) is 0.263. The molecule has 0 bridgehead atoms. The second-order valence-electron chi connectivity index (χ2n) is 5.76. The van der Waals surface area contributed by atoms with E-state index in [2.05, 4.69) is 5.32 Å². The van der Waals surface area contributed by atoms with Gasteiger partial charge >= 0.3 is 0 Å². The number of benzene rings is 2. The maximum absolute atomic E-state index is 12.8. The van der Waals surface area contributed by atoms with Gasteiger partial charge in [0.2, 0.25) is 5.91 Å². The van der Waals surface area contributed by atoms with Crippen LogP contribution in [0.3, 0.4) is 0 Å². The highest BCUT2D eigenvalue weighted by molar-refractivity contribution is 6.31. The van der Waals surface area contributed by atoms with Crippen molar-refractivity contribution in [3.8, 4) is 11.5 Å². The molecule has 1 heterocycles. The van der Waals surface area contributed by atoms with Gasteiger partial charge in [0.1, 0.15) is 17.5 Å². The molecule has 1 N–H and O–H groups in total. The Kier molecular flexibility index (Phi) is 5.32. The Morgan fingerprint density at radius 1 is 1.35 bits per heavy atom. The lowest BCUT2D eigenvalue weighted by Gasteiger charge is -2.33. The summed E-state index contributed by atoms with van der Waals surface area (Å²) in [6.07, 6.45) is 0. The maximum Gasteiger partial charge on any atom is 0.265 e. The molecule has 7 heteroatoms. The van der Waals surface area contributed by atoms with Crippen LogP contribution >= 0.6 is 11.6 Å². The van der Waals surface area contributed by atoms with Crippen LogP contribution in [0.5, 0.6) is 11.5 Å². The monoisotopic (exact) mass is 374 g/mol. The summed E-state index contributed by atoms with van der Waals surface area (Å²) in [5.41, 5.74) is 1.03. The zero-order valence-corrected chi connectivity index (χ0v) is 15.2. The lowest BCUT2D eigenvalue weighted by molar-refractivity contribution is -0.125. The van der Waals surface area contributed by atoms with Crippen LogP contribution in [0.2, 0.25) is 5.02 Å². The number of para-hydroxylation sites is 2. The summed E-state index contributed by atoms with van der Waals surface area (Å²) < 4.78 is 10.9. The number of halogens is 1. The second-order valence-corrected chi connectivity index (χ2v) is 6.20. The van der Waals surface area contributed by atoms with Crippen molar-refractivity contribution in [2.24, 2.45) is 0 Å². The molecule has 1 atom stereocenters. The van der Waals surface area contributed by atoms with Crippen molar-refractivity contribution >= 4 is 34.8 Å². The van der Waals surface area contributed by atoms with E-state index in [0.29, 0.717) is 34.5 Å². The van der Waals surface area contributed by atoms with Gasteiger partial charge in [0.05, 0.1) is 18.0 Å². The van der Waals surface area contributed by atoms with E-state index in [1.54, 1.807) is 43.3 Å². The molecule has 0 radical (unpaired) electrons. The number of rotatable bonds is 5. The van der Waals surface area contributed by atoms with Crippen molar-refractivity contribution in [1.29, 1.82) is 0 Å². The van der Waals surface area contributed by atoms with Gasteiger partial charge in [0, 0.05) is 5.02 Å². The van der Waals surface area contributed by atoms with Crippen molar-refractivity contribution in [2.75, 3.05) is 23.4 Å². The van der Waals surface area contributed by atoms with E-state index in [4.69, 9.17) is 21.1 Å². The standard InChI is InChI=1S/C19H19ClN2O4/c1-3-25-16-7-5-4-6-14(16)21-19(24)12(2)22-15-10-13(20)8-9-17(15)26-11-18(22)23/h4-10,12H,3,11H2,1-2H3,(H,21,24). The van der Waals surface area contributed by atoms with E-state index in [0.717, 1.165) is 0 Å². The molecule has 0 saturated heterocycles. The van der Waals surface area contributed by atoms with Gasteiger partial charge < -0.3 is 14.8 Å². The number of nitrogens with one attached hydrogen (secondary N) is 1. The van der Waals surface area contributed by atoms with Crippen LogP contribution in [-0.2, 0) is 9.59 Å². The third-order valence-electron chi connectivity index (χ3n) is 4.01. The first-order chi connectivity index (χ1) is 12.5. The molecule has 136 valence electrons. The van der Waals surface area contributed by atoms with Crippen molar-refractivity contribution in [3.05, 3.63) is 47.5 Å². The van der Waals surface area contributed by atoms with Gasteiger partial charge in [0.25, 0.3) is 5.91 Å². The number of nitrogens with zero attached hydrogens (tertiary/aromatic N) is 1. The quantitative estimate of drug-likeness (QED) is 0.869. The molecule has 0 saturated carbocycles. The number of hydrogen-bond donors (Lipinski definition) is 1. The van der Waals surface area contributed by atoms with E-state index in [-0.39, 0.29) is 18.4 Å². The minimum Gasteiger partial charge on any atom is -0.492 e. The molecule has 2 aromatic carbocycles. The smallest absolute Gasteiger partial charge is 0.265 e. The number of amides is 2. The summed E-state index contributed by atoms with van der Waals surface area (Å²) in [6.45, 7) is 3.89. The molecule has 0 spiro atoms. The molecule has 3 rings (SSSR count). The summed E-state index contributed by atoms with van der Waals surface area (Å²) in [7, 11) is 0. The summed E-state index contributed by atoms with van der Waals surface area (Å²) in [5, 5.41) is 3.29. The molecule has 6 nitrogen and oxygen atoms in total. The fourth-order valence-corrected chi connectivity index (χ4v) is 2.94. The Bertz CT molecular complexity index is 840. The molecule has 1 aliphatic rings. The number of carbonyl (C=O) groups excluding carboxylic acids is 2. The number of carbonyl (C=O) groups is 2. The average Bonchev–Trinajstić information content (AvgIpc) is 2.63. The molecule has 2 aromatic rings. The maximum atomic E-state index is 12.8. The van der Waals surface area contributed by atoms with Crippen LogP contribution in [0.4, 0.5) is 11.4 Å². The highest BCUT2D eigenvalue weighted by Crippen LogP contribution is 2.36. The van der Waals surface area contributed by atoms with E-state index in [1.807, 2.05) is 13.0 Å². The first-order valence-electron chi connectivity index (χ1n) is 8.28. The third kappa shape index (κ3) is 3.60. The fourth-order valence-electron chi connectivity index (χ4n) is 2.77. The largest absolute Gasteiger partial charge is 0.492 e. The van der Waals surface area contributed by atoms with Crippen LogP contribution in [0, 0.1) is 0 Å². The van der Waals surface area contributed by atoms with Gasteiger partial charge in [-0.1, -0.05) is 23.7 Å². The first kappa shape index (κ1) is 18.1. The molecule has 2 amide bonds. The lowest BCUT2D eigenvalue weighted by Crippen LogP contribution is -2.49. The molecule has 1 aliphatic heterocycles. The summed E-state index contributed by atoms with van der Waals surface area (Å²) >= 11 is 6.05. The summed E-state index contributed by atoms with van der Waals surface area (Å²) in [5.74, 6) is 0.453. The van der Waals surface area contributed by atoms with Crippen molar-refractivity contribution in [3.63, 3.8) is 0 Å². The van der Waals surface area contributed by atoms with Gasteiger partial charge in [0.15, 0.2) is 6.61 Å². The average molecular weight is 375 g/mol. The van der Waals surface area contributed by atoms with Gasteiger partial charge in [-0.25, -0.2) is 0 Å². The normalized spacial score (nSPS) is 14.3. The summed E-state index contributed by atoms with van der Waals surface area (Å²) in [6, 6.07) is 11.4. The van der Waals surface area contributed by atoms with E-state index < -0.39 is 6.04 Å². The Morgan fingerprint density at radius 3 is 2.88 bits per heavy atom.